The van der Waals surface area contributed by atoms with Gasteiger partial charge in [0.25, 0.3) is 0 Å². The van der Waals surface area contributed by atoms with Crippen molar-refractivity contribution in [2.75, 3.05) is 25.0 Å². The summed E-state index contributed by atoms with van der Waals surface area (Å²) in [5, 5.41) is 10.7. The zero-order chi connectivity index (χ0) is 20.1. The molecule has 6 nitrogen and oxygen atoms in total. The molecule has 2 heterocycles. The maximum absolute atomic E-state index is 12.0. The first-order chi connectivity index (χ1) is 14.2. The van der Waals surface area contributed by atoms with Crippen LogP contribution in [0.25, 0.3) is 11.0 Å². The highest BCUT2D eigenvalue weighted by Gasteiger charge is 2.24. The number of amides is 1. The highest BCUT2D eigenvalue weighted by Crippen LogP contribution is 2.31. The van der Waals surface area contributed by atoms with Crippen molar-refractivity contribution >= 4 is 52.5 Å². The number of hydrogen-bond donors (Lipinski definition) is 3. The van der Waals surface area contributed by atoms with Gasteiger partial charge in [0.05, 0.1) is 6.54 Å². The van der Waals surface area contributed by atoms with Gasteiger partial charge in [-0.15, -0.1) is 24.0 Å². The normalized spacial score (nSPS) is 15.8. The topological polar surface area (TPSA) is 78.7 Å². The van der Waals surface area contributed by atoms with Crippen LogP contribution < -0.4 is 16.0 Å². The Kier molecular flexibility index (Phi) is 7.73. The van der Waals surface area contributed by atoms with E-state index in [9.17, 15) is 4.79 Å². The molecule has 0 saturated carbocycles. The van der Waals surface area contributed by atoms with Gasteiger partial charge in [0.15, 0.2) is 5.96 Å². The summed E-state index contributed by atoms with van der Waals surface area (Å²) in [6.07, 6.45) is 1.23. The second-order valence-corrected chi connectivity index (χ2v) is 7.18. The van der Waals surface area contributed by atoms with Gasteiger partial charge in [0.1, 0.15) is 11.3 Å². The molecule has 0 saturated heterocycles. The highest BCUT2D eigenvalue weighted by molar-refractivity contribution is 14.0. The van der Waals surface area contributed by atoms with Gasteiger partial charge in [0, 0.05) is 42.9 Å². The molecule has 1 unspecified atom stereocenters. The Morgan fingerprint density at radius 1 is 1.17 bits per heavy atom. The van der Waals surface area contributed by atoms with E-state index in [1.165, 1.54) is 0 Å². The number of fused-ring (bicyclic) bond motifs is 2. The summed E-state index contributed by atoms with van der Waals surface area (Å²) < 4.78 is 5.87. The fourth-order valence-electron chi connectivity index (χ4n) is 3.67. The first-order valence-corrected chi connectivity index (χ1v) is 10.1. The average molecular weight is 518 g/mol. The van der Waals surface area contributed by atoms with Crippen LogP contribution in [-0.2, 0) is 11.2 Å². The minimum atomic E-state index is 0. The summed E-state index contributed by atoms with van der Waals surface area (Å²) >= 11 is 0. The SMILES string of the molecule is CCNC(=NCC1CC(=O)Nc2ccccc21)NCCc1cc2ccccc2o1.I. The van der Waals surface area contributed by atoms with Gasteiger partial charge in [-0.25, -0.2) is 0 Å². The number of hydrogen-bond acceptors (Lipinski definition) is 3. The second kappa shape index (κ2) is 10.5. The summed E-state index contributed by atoms with van der Waals surface area (Å²) in [5.41, 5.74) is 2.96. The van der Waals surface area contributed by atoms with Crippen molar-refractivity contribution in [3.63, 3.8) is 0 Å². The molecule has 0 aliphatic carbocycles. The molecule has 158 valence electrons. The molecule has 0 radical (unpaired) electrons. The quantitative estimate of drug-likeness (QED) is 0.259. The largest absolute Gasteiger partial charge is 0.461 e. The highest BCUT2D eigenvalue weighted by atomic mass is 127. The lowest BCUT2D eigenvalue weighted by Gasteiger charge is -2.24. The van der Waals surface area contributed by atoms with Crippen molar-refractivity contribution in [1.82, 2.24) is 10.6 Å². The van der Waals surface area contributed by atoms with Gasteiger partial charge < -0.3 is 20.4 Å². The van der Waals surface area contributed by atoms with Crippen molar-refractivity contribution < 1.29 is 9.21 Å². The van der Waals surface area contributed by atoms with E-state index in [-0.39, 0.29) is 35.8 Å². The zero-order valence-electron chi connectivity index (χ0n) is 17.0. The number of halogens is 1. The van der Waals surface area contributed by atoms with E-state index in [4.69, 9.17) is 9.41 Å². The molecule has 0 fully saturated rings. The first kappa shape index (κ1) is 22.1. The van der Waals surface area contributed by atoms with Crippen molar-refractivity contribution in [2.45, 2.75) is 25.7 Å². The van der Waals surface area contributed by atoms with Gasteiger partial charge in [-0.3, -0.25) is 9.79 Å². The van der Waals surface area contributed by atoms with Crippen LogP contribution in [0, 0.1) is 0 Å². The van der Waals surface area contributed by atoms with Crippen LogP contribution >= 0.6 is 24.0 Å². The molecular formula is C23H27IN4O2. The molecule has 0 bridgehead atoms. The molecule has 3 aromatic rings. The van der Waals surface area contributed by atoms with Gasteiger partial charge in [-0.2, -0.15) is 0 Å². The number of benzene rings is 2. The third-order valence-electron chi connectivity index (χ3n) is 5.06. The molecule has 1 aromatic heterocycles. The Labute approximate surface area is 193 Å². The molecule has 1 atom stereocenters. The fraction of sp³-hybridized carbons (Fsp3) is 0.304. The number of aliphatic imine (C=N–C) groups is 1. The van der Waals surface area contributed by atoms with Gasteiger partial charge in [0.2, 0.25) is 5.91 Å². The first-order valence-electron chi connectivity index (χ1n) is 10.1. The van der Waals surface area contributed by atoms with Crippen LogP contribution in [0.2, 0.25) is 0 Å². The predicted molar refractivity (Wildman–Crippen MR) is 132 cm³/mol. The smallest absolute Gasteiger partial charge is 0.225 e. The number of carbonyl (C=O) groups excluding carboxylic acids is 1. The minimum Gasteiger partial charge on any atom is -0.461 e. The average Bonchev–Trinajstić information content (AvgIpc) is 3.14. The number of nitrogens with zero attached hydrogens (tertiary/aromatic N) is 1. The van der Waals surface area contributed by atoms with E-state index < -0.39 is 0 Å². The van der Waals surface area contributed by atoms with E-state index >= 15 is 0 Å². The van der Waals surface area contributed by atoms with Crippen molar-refractivity contribution in [3.8, 4) is 0 Å². The predicted octanol–water partition coefficient (Wildman–Crippen LogP) is 4.27. The summed E-state index contributed by atoms with van der Waals surface area (Å²) in [4.78, 5) is 16.7. The summed E-state index contributed by atoms with van der Waals surface area (Å²) in [6.45, 7) is 4.09. The number of guanidine groups is 1. The number of furan rings is 1. The lowest BCUT2D eigenvalue weighted by Crippen LogP contribution is -2.38. The minimum absolute atomic E-state index is 0. The molecule has 1 aliphatic heterocycles. The Morgan fingerprint density at radius 3 is 2.80 bits per heavy atom. The van der Waals surface area contributed by atoms with Crippen molar-refractivity contribution in [3.05, 3.63) is 65.9 Å². The van der Waals surface area contributed by atoms with E-state index in [1.54, 1.807) is 0 Å². The fourth-order valence-corrected chi connectivity index (χ4v) is 3.67. The second-order valence-electron chi connectivity index (χ2n) is 7.18. The number of nitrogens with one attached hydrogen (secondary N) is 3. The molecule has 1 amide bonds. The Balaban J connectivity index is 0.00000256. The Morgan fingerprint density at radius 2 is 1.97 bits per heavy atom. The van der Waals surface area contributed by atoms with Gasteiger partial charge in [-0.1, -0.05) is 36.4 Å². The standard InChI is InChI=1S/C23H26N4O2.HI/c1-2-24-23(25-12-11-18-13-16-7-3-6-10-21(16)29-18)26-15-17-14-22(28)27-20-9-5-4-8-19(17)20;/h3-10,13,17H,2,11-12,14-15H2,1H3,(H,27,28)(H2,24,25,26);1H. The molecular weight excluding hydrogens is 491 g/mol. The summed E-state index contributed by atoms with van der Waals surface area (Å²) in [6, 6.07) is 18.1. The molecule has 1 aliphatic rings. The molecule has 30 heavy (non-hydrogen) atoms. The monoisotopic (exact) mass is 518 g/mol. The van der Waals surface area contributed by atoms with Crippen LogP contribution in [-0.4, -0.2) is 31.5 Å². The maximum atomic E-state index is 12.0. The molecule has 2 aromatic carbocycles. The van der Waals surface area contributed by atoms with E-state index in [1.807, 2.05) is 43.3 Å². The van der Waals surface area contributed by atoms with Crippen molar-refractivity contribution in [2.24, 2.45) is 4.99 Å². The van der Waals surface area contributed by atoms with E-state index in [0.717, 1.165) is 46.9 Å². The van der Waals surface area contributed by atoms with Gasteiger partial charge >= 0.3 is 0 Å². The third-order valence-corrected chi connectivity index (χ3v) is 5.06. The Hall–Kier alpha value is -2.55. The van der Waals surface area contributed by atoms with Gasteiger partial charge in [-0.05, 0) is 30.7 Å². The number of anilines is 1. The van der Waals surface area contributed by atoms with Crippen LogP contribution in [0.1, 0.15) is 30.6 Å². The Bertz CT molecular complexity index is 998. The lowest BCUT2D eigenvalue weighted by molar-refractivity contribution is -0.116. The zero-order valence-corrected chi connectivity index (χ0v) is 19.3. The summed E-state index contributed by atoms with van der Waals surface area (Å²) in [5.74, 6) is 1.84. The van der Waals surface area contributed by atoms with E-state index in [0.29, 0.717) is 19.5 Å². The lowest BCUT2D eigenvalue weighted by atomic mass is 9.91. The van der Waals surface area contributed by atoms with Crippen molar-refractivity contribution in [1.29, 1.82) is 0 Å². The molecule has 7 heteroatoms. The van der Waals surface area contributed by atoms with Crippen LogP contribution in [0.3, 0.4) is 0 Å². The molecule has 0 spiro atoms. The molecule has 4 rings (SSSR count). The third kappa shape index (κ3) is 5.33. The van der Waals surface area contributed by atoms with E-state index in [2.05, 4.69) is 34.1 Å². The van der Waals surface area contributed by atoms with Crippen LogP contribution in [0.5, 0.6) is 0 Å². The van der Waals surface area contributed by atoms with Crippen LogP contribution in [0.4, 0.5) is 5.69 Å². The number of carbonyl (C=O) groups is 1. The summed E-state index contributed by atoms with van der Waals surface area (Å²) in [7, 11) is 0. The van der Waals surface area contributed by atoms with Crippen LogP contribution in [0.15, 0.2) is 64.0 Å². The maximum Gasteiger partial charge on any atom is 0.225 e. The number of rotatable bonds is 6. The molecule has 3 N–H and O–H groups in total. The number of para-hydroxylation sites is 2.